The molecule has 6 nitrogen and oxygen atoms in total. The van der Waals surface area contributed by atoms with Gasteiger partial charge in [-0.3, -0.25) is 14.4 Å². The molecule has 0 fully saturated rings. The number of anilines is 3. The molecule has 0 saturated heterocycles. The molecule has 2 aromatic carbocycles. The van der Waals surface area contributed by atoms with Crippen LogP contribution in [0.5, 0.6) is 0 Å². The summed E-state index contributed by atoms with van der Waals surface area (Å²) >= 11 is 2.19. The van der Waals surface area contributed by atoms with Gasteiger partial charge < -0.3 is 16.0 Å². The van der Waals surface area contributed by atoms with Crippen molar-refractivity contribution in [2.45, 2.75) is 41.5 Å². The first kappa shape index (κ1) is 23.9. The Morgan fingerprint density at radius 1 is 0.667 bits per heavy atom. The van der Waals surface area contributed by atoms with Gasteiger partial charge in [0.1, 0.15) is 0 Å². The summed E-state index contributed by atoms with van der Waals surface area (Å²) in [6, 6.07) is 12.3. The van der Waals surface area contributed by atoms with Crippen molar-refractivity contribution in [1.82, 2.24) is 0 Å². The van der Waals surface area contributed by atoms with E-state index in [0.29, 0.717) is 22.6 Å². The average molecular weight is 521 g/mol. The third-order valence-electron chi connectivity index (χ3n) is 4.18. The first-order valence-corrected chi connectivity index (χ1v) is 10.7. The topological polar surface area (TPSA) is 87.3 Å². The summed E-state index contributed by atoms with van der Waals surface area (Å²) in [5, 5.41) is 8.50. The zero-order valence-electron chi connectivity index (χ0n) is 18.1. The van der Waals surface area contributed by atoms with E-state index in [1.165, 1.54) is 0 Å². The third-order valence-corrected chi connectivity index (χ3v) is 4.89. The number of rotatable bonds is 4. The van der Waals surface area contributed by atoms with Crippen LogP contribution in [0.1, 0.15) is 51.9 Å². The van der Waals surface area contributed by atoms with Crippen molar-refractivity contribution in [3.05, 3.63) is 51.6 Å². The second-order valence-electron chi connectivity index (χ2n) is 9.17. The molecular weight excluding hydrogens is 493 g/mol. The van der Waals surface area contributed by atoms with Gasteiger partial charge in [0, 0.05) is 37.0 Å². The summed E-state index contributed by atoms with van der Waals surface area (Å²) in [5.41, 5.74) is 0.654. The molecule has 2 aromatic rings. The maximum absolute atomic E-state index is 12.8. The van der Waals surface area contributed by atoms with E-state index in [1.807, 2.05) is 24.3 Å². The highest BCUT2D eigenvalue weighted by atomic mass is 127. The van der Waals surface area contributed by atoms with Crippen LogP contribution in [0.15, 0.2) is 42.5 Å². The normalized spacial score (nSPS) is 11.6. The fraction of sp³-hybridized carbons (Fsp3) is 0.348. The molecule has 0 aliphatic carbocycles. The molecule has 2 rings (SSSR count). The Morgan fingerprint density at radius 2 is 1.10 bits per heavy atom. The lowest BCUT2D eigenvalue weighted by molar-refractivity contribution is -0.123. The van der Waals surface area contributed by atoms with Gasteiger partial charge in [-0.2, -0.15) is 0 Å². The minimum Gasteiger partial charge on any atom is -0.326 e. The van der Waals surface area contributed by atoms with E-state index in [2.05, 4.69) is 38.5 Å². The van der Waals surface area contributed by atoms with Crippen LogP contribution >= 0.6 is 22.6 Å². The largest absolute Gasteiger partial charge is 0.326 e. The molecule has 0 spiro atoms. The first-order chi connectivity index (χ1) is 13.8. The van der Waals surface area contributed by atoms with E-state index in [-0.39, 0.29) is 17.7 Å². The highest BCUT2D eigenvalue weighted by molar-refractivity contribution is 14.1. The Hall–Kier alpha value is -2.42. The molecule has 160 valence electrons. The van der Waals surface area contributed by atoms with E-state index in [9.17, 15) is 14.4 Å². The second kappa shape index (κ2) is 9.16. The maximum atomic E-state index is 12.8. The summed E-state index contributed by atoms with van der Waals surface area (Å²) in [6.07, 6.45) is 0. The van der Waals surface area contributed by atoms with Crippen molar-refractivity contribution < 1.29 is 14.4 Å². The molecule has 7 heteroatoms. The van der Waals surface area contributed by atoms with E-state index >= 15 is 0 Å². The van der Waals surface area contributed by atoms with E-state index in [1.54, 1.807) is 59.7 Å². The number of amides is 3. The minimum absolute atomic E-state index is 0.189. The Kier molecular flexibility index (Phi) is 7.28. The van der Waals surface area contributed by atoms with Crippen molar-refractivity contribution >= 4 is 57.4 Å². The molecule has 0 unspecified atom stereocenters. The third kappa shape index (κ3) is 6.83. The van der Waals surface area contributed by atoms with Gasteiger partial charge in [-0.05, 0) is 65.1 Å². The van der Waals surface area contributed by atoms with Crippen LogP contribution in [0.4, 0.5) is 17.1 Å². The highest BCUT2D eigenvalue weighted by Crippen LogP contribution is 2.25. The molecule has 0 radical (unpaired) electrons. The van der Waals surface area contributed by atoms with Crippen molar-refractivity contribution in [3.63, 3.8) is 0 Å². The first-order valence-electron chi connectivity index (χ1n) is 9.60. The zero-order valence-corrected chi connectivity index (χ0v) is 20.3. The maximum Gasteiger partial charge on any atom is 0.255 e. The number of benzene rings is 2. The van der Waals surface area contributed by atoms with Crippen molar-refractivity contribution in [1.29, 1.82) is 0 Å². The van der Waals surface area contributed by atoms with Crippen molar-refractivity contribution in [2.24, 2.45) is 10.8 Å². The van der Waals surface area contributed by atoms with Gasteiger partial charge in [-0.1, -0.05) is 41.5 Å². The van der Waals surface area contributed by atoms with Gasteiger partial charge in [-0.25, -0.2) is 0 Å². The molecule has 0 saturated carbocycles. The molecule has 0 aliphatic rings. The average Bonchev–Trinajstić information content (AvgIpc) is 2.61. The molecule has 0 atom stereocenters. The molecule has 3 N–H and O–H groups in total. The number of nitrogens with one attached hydrogen (secondary N) is 3. The van der Waals surface area contributed by atoms with Gasteiger partial charge in [0.05, 0.1) is 0 Å². The lowest BCUT2D eigenvalue weighted by Gasteiger charge is -2.20. The van der Waals surface area contributed by atoms with Gasteiger partial charge in [0.15, 0.2) is 0 Å². The van der Waals surface area contributed by atoms with E-state index in [4.69, 9.17) is 0 Å². The fourth-order valence-electron chi connectivity index (χ4n) is 2.28. The van der Waals surface area contributed by atoms with E-state index < -0.39 is 10.8 Å². The van der Waals surface area contributed by atoms with Gasteiger partial charge >= 0.3 is 0 Å². The lowest BCUT2D eigenvalue weighted by atomic mass is 9.95. The molecular formula is C23H28IN3O3. The number of hydrogen-bond acceptors (Lipinski definition) is 3. The summed E-state index contributed by atoms with van der Waals surface area (Å²) in [7, 11) is 0. The summed E-state index contributed by atoms with van der Waals surface area (Å²) in [4.78, 5) is 37.7. The predicted molar refractivity (Wildman–Crippen MR) is 130 cm³/mol. The molecule has 30 heavy (non-hydrogen) atoms. The second-order valence-corrected chi connectivity index (χ2v) is 10.4. The van der Waals surface area contributed by atoms with Crippen LogP contribution in [0.2, 0.25) is 0 Å². The molecule has 0 aromatic heterocycles. The number of carbonyl (C=O) groups is 3. The summed E-state index contributed by atoms with van der Waals surface area (Å²) in [5.74, 6) is -0.717. The van der Waals surface area contributed by atoms with Crippen molar-refractivity contribution in [2.75, 3.05) is 16.0 Å². The standard InChI is InChI=1S/C23H28IN3O3/c1-22(2,3)20(29)26-17-11-14(12-18(13-17)27-21(30)23(4,5)6)19(28)25-16-9-7-15(24)8-10-16/h7-13H,1-6H3,(H,25,28)(H,26,29)(H,27,30). The monoisotopic (exact) mass is 521 g/mol. The Labute approximate surface area is 191 Å². The predicted octanol–water partition coefficient (Wildman–Crippen LogP) is 5.51. The number of hydrogen-bond donors (Lipinski definition) is 3. The van der Waals surface area contributed by atoms with Crippen LogP contribution in [-0.2, 0) is 9.59 Å². The van der Waals surface area contributed by atoms with Crippen LogP contribution in [0, 0.1) is 14.4 Å². The Bertz CT molecular complexity index is 909. The molecule has 0 bridgehead atoms. The fourth-order valence-corrected chi connectivity index (χ4v) is 2.64. The number of halogens is 1. The molecule has 0 aliphatic heterocycles. The molecule has 0 heterocycles. The summed E-state index contributed by atoms with van der Waals surface area (Å²) < 4.78 is 1.06. The SMILES string of the molecule is CC(C)(C)C(=O)Nc1cc(NC(=O)C(C)(C)C)cc(C(=O)Nc2ccc(I)cc2)c1. The quantitative estimate of drug-likeness (QED) is 0.464. The van der Waals surface area contributed by atoms with Gasteiger partial charge in [0.2, 0.25) is 11.8 Å². The van der Waals surface area contributed by atoms with Crippen LogP contribution in [0.3, 0.4) is 0 Å². The van der Waals surface area contributed by atoms with Gasteiger partial charge in [-0.15, -0.1) is 0 Å². The smallest absolute Gasteiger partial charge is 0.255 e. The number of carbonyl (C=O) groups excluding carboxylic acids is 3. The zero-order chi connectivity index (χ0) is 22.7. The Balaban J connectivity index is 2.36. The van der Waals surface area contributed by atoms with Crippen molar-refractivity contribution in [3.8, 4) is 0 Å². The highest BCUT2D eigenvalue weighted by Gasteiger charge is 2.24. The molecule has 3 amide bonds. The van der Waals surface area contributed by atoms with Gasteiger partial charge in [0.25, 0.3) is 5.91 Å². The minimum atomic E-state index is -0.603. The Morgan fingerprint density at radius 3 is 1.50 bits per heavy atom. The lowest BCUT2D eigenvalue weighted by Crippen LogP contribution is -2.29. The van der Waals surface area contributed by atoms with Crippen LogP contribution in [-0.4, -0.2) is 17.7 Å². The van der Waals surface area contributed by atoms with E-state index in [0.717, 1.165) is 3.57 Å². The van der Waals surface area contributed by atoms with Crippen LogP contribution < -0.4 is 16.0 Å². The van der Waals surface area contributed by atoms with Crippen LogP contribution in [0.25, 0.3) is 0 Å². The summed E-state index contributed by atoms with van der Waals surface area (Å²) in [6.45, 7) is 10.8.